The van der Waals surface area contributed by atoms with Crippen molar-refractivity contribution in [3.63, 3.8) is 0 Å². The molecule has 0 amide bonds. The number of piperazine rings is 1. The molecule has 1 rings (SSSR count). The van der Waals surface area contributed by atoms with E-state index in [4.69, 9.17) is 0 Å². The lowest BCUT2D eigenvalue weighted by atomic mass is 10.3. The van der Waals surface area contributed by atoms with E-state index in [0.717, 1.165) is 0 Å². The van der Waals surface area contributed by atoms with Crippen LogP contribution in [0.2, 0.25) is 0 Å². The molecule has 0 atom stereocenters. The highest BCUT2D eigenvalue weighted by atomic mass is 15.2. The second-order valence-corrected chi connectivity index (χ2v) is 3.30. The Labute approximate surface area is 63.8 Å². The summed E-state index contributed by atoms with van der Waals surface area (Å²) in [6, 6.07) is 0. The van der Waals surface area contributed by atoms with Gasteiger partial charge in [-0.25, -0.2) is 0 Å². The van der Waals surface area contributed by atoms with Crippen LogP contribution in [0.1, 0.15) is 13.3 Å². The van der Waals surface area contributed by atoms with E-state index >= 15 is 0 Å². The fraction of sp³-hybridized carbons (Fsp3) is 1.00. The lowest BCUT2D eigenvalue weighted by molar-refractivity contribution is -0.904. The average molecular weight is 143 g/mol. The van der Waals surface area contributed by atoms with E-state index in [-0.39, 0.29) is 0 Å². The fourth-order valence-corrected chi connectivity index (χ4v) is 1.54. The van der Waals surface area contributed by atoms with E-state index in [2.05, 4.69) is 18.9 Å². The van der Waals surface area contributed by atoms with Gasteiger partial charge in [-0.05, 0) is 13.5 Å². The van der Waals surface area contributed by atoms with Gasteiger partial charge in [-0.3, -0.25) is 4.90 Å². The van der Waals surface area contributed by atoms with Crippen molar-refractivity contribution in [1.82, 2.24) is 4.90 Å². The van der Waals surface area contributed by atoms with Crippen molar-refractivity contribution in [3.8, 4) is 0 Å². The topological polar surface area (TPSA) is 7.68 Å². The molecule has 0 aromatic heterocycles. The Morgan fingerprint density at radius 3 is 2.40 bits per heavy atom. The quantitative estimate of drug-likeness (QED) is 0.533. The van der Waals surface area contributed by atoms with E-state index in [0.29, 0.717) is 0 Å². The molecule has 0 spiro atoms. The number of nitrogens with zero attached hydrogens (tertiary/aromatic N) is 1. The molecule has 2 heteroatoms. The van der Waals surface area contributed by atoms with Gasteiger partial charge in [-0.2, -0.15) is 0 Å². The summed E-state index contributed by atoms with van der Waals surface area (Å²) >= 11 is 0. The standard InChI is InChI=1S/C8H18N2/c1-3-4-10-7-5-9(2)6-8-10/h3-8H2,1-2H3/p+1. The van der Waals surface area contributed by atoms with Crippen molar-refractivity contribution in [1.29, 1.82) is 0 Å². The summed E-state index contributed by atoms with van der Waals surface area (Å²) in [5.74, 6) is 0. The number of hydrogen-bond acceptors (Lipinski definition) is 1. The Balaban J connectivity index is 2.13. The molecule has 2 nitrogen and oxygen atoms in total. The minimum Gasteiger partial charge on any atom is -0.333 e. The zero-order chi connectivity index (χ0) is 7.40. The van der Waals surface area contributed by atoms with Crippen molar-refractivity contribution >= 4 is 0 Å². The van der Waals surface area contributed by atoms with Crippen LogP contribution in [-0.2, 0) is 0 Å². The third-order valence-corrected chi connectivity index (χ3v) is 2.30. The molecule has 60 valence electrons. The van der Waals surface area contributed by atoms with Gasteiger partial charge in [0.25, 0.3) is 0 Å². The molecule has 0 radical (unpaired) electrons. The summed E-state index contributed by atoms with van der Waals surface area (Å²) in [5, 5.41) is 0. The van der Waals surface area contributed by atoms with Crippen molar-refractivity contribution in [2.24, 2.45) is 0 Å². The molecule has 1 N–H and O–H groups in total. The highest BCUT2D eigenvalue weighted by molar-refractivity contribution is 4.53. The molecule has 1 aliphatic rings. The van der Waals surface area contributed by atoms with Gasteiger partial charge in [0.05, 0.1) is 19.6 Å². The average Bonchev–Trinajstić information content (AvgIpc) is 1.95. The molecular formula is C8H19N2+. The molecule has 0 unspecified atom stereocenters. The van der Waals surface area contributed by atoms with E-state index < -0.39 is 0 Å². The van der Waals surface area contributed by atoms with Crippen LogP contribution in [0.4, 0.5) is 0 Å². The lowest BCUT2D eigenvalue weighted by Crippen LogP contribution is -3.14. The van der Waals surface area contributed by atoms with Crippen molar-refractivity contribution in [2.75, 3.05) is 39.8 Å². The monoisotopic (exact) mass is 143 g/mol. The molecular weight excluding hydrogens is 124 g/mol. The molecule has 1 aliphatic heterocycles. The molecule has 0 aromatic rings. The molecule has 1 saturated heterocycles. The molecule has 0 aromatic carbocycles. The van der Waals surface area contributed by atoms with Crippen LogP contribution in [0, 0.1) is 0 Å². The third kappa shape index (κ3) is 2.27. The predicted octanol–water partition coefficient (Wildman–Crippen LogP) is -0.773. The molecule has 1 heterocycles. The highest BCUT2D eigenvalue weighted by Crippen LogP contribution is 1.81. The van der Waals surface area contributed by atoms with Gasteiger partial charge < -0.3 is 4.90 Å². The maximum absolute atomic E-state index is 2.42. The van der Waals surface area contributed by atoms with Gasteiger partial charge in [-0.1, -0.05) is 6.92 Å². The van der Waals surface area contributed by atoms with Crippen LogP contribution in [0.15, 0.2) is 0 Å². The number of rotatable bonds is 2. The summed E-state index contributed by atoms with van der Waals surface area (Å²) in [4.78, 5) is 4.21. The first-order valence-corrected chi connectivity index (χ1v) is 4.35. The minimum atomic E-state index is 1.29. The summed E-state index contributed by atoms with van der Waals surface area (Å²) in [6.45, 7) is 8.92. The Morgan fingerprint density at radius 2 is 1.90 bits per heavy atom. The normalized spacial score (nSPS) is 23.4. The van der Waals surface area contributed by atoms with E-state index in [1.165, 1.54) is 39.1 Å². The first kappa shape index (κ1) is 8.02. The van der Waals surface area contributed by atoms with Gasteiger partial charge in [0.1, 0.15) is 0 Å². The van der Waals surface area contributed by atoms with Gasteiger partial charge in [0.2, 0.25) is 0 Å². The summed E-state index contributed by atoms with van der Waals surface area (Å²) in [6.07, 6.45) is 1.33. The van der Waals surface area contributed by atoms with Crippen LogP contribution < -0.4 is 4.90 Å². The van der Waals surface area contributed by atoms with Crippen molar-refractivity contribution in [2.45, 2.75) is 13.3 Å². The summed E-state index contributed by atoms with van der Waals surface area (Å²) in [5.41, 5.74) is 0. The number of quaternary nitrogens is 1. The van der Waals surface area contributed by atoms with Gasteiger partial charge >= 0.3 is 0 Å². The molecule has 0 aliphatic carbocycles. The van der Waals surface area contributed by atoms with Crippen LogP contribution in [-0.4, -0.2) is 44.7 Å². The molecule has 1 fully saturated rings. The Hall–Kier alpha value is -0.0800. The Bertz CT molecular complexity index is 85.3. The third-order valence-electron chi connectivity index (χ3n) is 2.30. The first-order valence-electron chi connectivity index (χ1n) is 4.35. The Kier molecular flexibility index (Phi) is 3.16. The maximum atomic E-state index is 2.42. The smallest absolute Gasteiger partial charge is 0.0900 e. The zero-order valence-corrected chi connectivity index (χ0v) is 7.19. The summed E-state index contributed by atoms with van der Waals surface area (Å²) in [7, 11) is 2.21. The van der Waals surface area contributed by atoms with Crippen molar-refractivity contribution < 1.29 is 4.90 Å². The van der Waals surface area contributed by atoms with Gasteiger partial charge in [0, 0.05) is 13.1 Å². The van der Waals surface area contributed by atoms with Gasteiger partial charge in [0.15, 0.2) is 0 Å². The maximum Gasteiger partial charge on any atom is 0.0900 e. The largest absolute Gasteiger partial charge is 0.333 e. The SMILES string of the molecule is CCC[NH+]1CCN(C)CC1. The van der Waals surface area contributed by atoms with Crippen LogP contribution in [0.3, 0.4) is 0 Å². The van der Waals surface area contributed by atoms with E-state index in [9.17, 15) is 0 Å². The Morgan fingerprint density at radius 1 is 1.30 bits per heavy atom. The van der Waals surface area contributed by atoms with Crippen molar-refractivity contribution in [3.05, 3.63) is 0 Å². The lowest BCUT2D eigenvalue weighted by Gasteiger charge is -2.29. The van der Waals surface area contributed by atoms with E-state index in [1.54, 1.807) is 4.90 Å². The number of hydrogen-bond donors (Lipinski definition) is 1. The summed E-state index contributed by atoms with van der Waals surface area (Å²) < 4.78 is 0. The first-order chi connectivity index (χ1) is 4.83. The predicted molar refractivity (Wildman–Crippen MR) is 43.4 cm³/mol. The fourth-order valence-electron chi connectivity index (χ4n) is 1.54. The number of likely N-dealkylation sites (N-methyl/N-ethyl adjacent to an activating group) is 1. The second kappa shape index (κ2) is 3.94. The minimum absolute atomic E-state index is 1.29. The van der Waals surface area contributed by atoms with Crippen LogP contribution in [0.25, 0.3) is 0 Å². The van der Waals surface area contributed by atoms with Gasteiger partial charge in [-0.15, -0.1) is 0 Å². The zero-order valence-electron chi connectivity index (χ0n) is 7.19. The molecule has 10 heavy (non-hydrogen) atoms. The van der Waals surface area contributed by atoms with Crippen LogP contribution >= 0.6 is 0 Å². The highest BCUT2D eigenvalue weighted by Gasteiger charge is 2.14. The molecule has 0 bridgehead atoms. The molecule has 0 saturated carbocycles. The number of nitrogens with one attached hydrogen (secondary N) is 1. The van der Waals surface area contributed by atoms with E-state index in [1.807, 2.05) is 0 Å². The van der Waals surface area contributed by atoms with Crippen LogP contribution in [0.5, 0.6) is 0 Å². The second-order valence-electron chi connectivity index (χ2n) is 3.30.